The molecule has 0 amide bonds. The molecule has 0 saturated heterocycles. The summed E-state index contributed by atoms with van der Waals surface area (Å²) < 4.78 is 0.212. The lowest BCUT2D eigenvalue weighted by atomic mass is 10.5. The summed E-state index contributed by atoms with van der Waals surface area (Å²) in [6.45, 7) is 1.56. The number of aryl methyl sites for hydroxylation is 1. The molecular formula is C4H3ClN2O2S. The van der Waals surface area contributed by atoms with Crippen LogP contribution < -0.4 is 0 Å². The van der Waals surface area contributed by atoms with E-state index in [2.05, 4.69) is 4.98 Å². The van der Waals surface area contributed by atoms with Gasteiger partial charge < -0.3 is 0 Å². The molecule has 0 fully saturated rings. The summed E-state index contributed by atoms with van der Waals surface area (Å²) in [7, 11) is 0. The average Bonchev–Trinajstić information content (AvgIpc) is 2.10. The van der Waals surface area contributed by atoms with E-state index in [0.29, 0.717) is 5.69 Å². The van der Waals surface area contributed by atoms with Crippen molar-refractivity contribution in [3.05, 3.63) is 20.3 Å². The Balaban J connectivity index is 3.15. The summed E-state index contributed by atoms with van der Waals surface area (Å²) >= 11 is 6.29. The number of rotatable bonds is 1. The standard InChI is InChI=1S/C4H3ClN2O2S/c1-2-3(7(8)9)10-4(5)6-2/h1H3. The van der Waals surface area contributed by atoms with Gasteiger partial charge >= 0.3 is 5.00 Å². The molecule has 1 aromatic heterocycles. The van der Waals surface area contributed by atoms with Crippen molar-refractivity contribution in [2.75, 3.05) is 0 Å². The van der Waals surface area contributed by atoms with E-state index in [1.165, 1.54) is 0 Å². The molecule has 4 nitrogen and oxygen atoms in total. The molecule has 0 aliphatic heterocycles. The monoisotopic (exact) mass is 178 g/mol. The molecule has 10 heavy (non-hydrogen) atoms. The quantitative estimate of drug-likeness (QED) is 0.488. The van der Waals surface area contributed by atoms with Gasteiger partial charge in [-0.05, 0) is 18.3 Å². The number of hydrogen-bond donors (Lipinski definition) is 0. The Morgan fingerprint density at radius 3 is 2.60 bits per heavy atom. The first-order valence-electron chi connectivity index (χ1n) is 2.38. The Bertz CT molecular complexity index is 272. The Hall–Kier alpha value is -0.680. The zero-order valence-electron chi connectivity index (χ0n) is 5.00. The molecule has 1 rings (SSSR count). The second-order valence-corrected chi connectivity index (χ2v) is 3.17. The van der Waals surface area contributed by atoms with Gasteiger partial charge in [0.05, 0.1) is 4.92 Å². The van der Waals surface area contributed by atoms with E-state index in [-0.39, 0.29) is 9.47 Å². The number of halogens is 1. The number of nitrogens with zero attached hydrogens (tertiary/aromatic N) is 2. The normalized spacial score (nSPS) is 9.80. The average molecular weight is 179 g/mol. The lowest BCUT2D eigenvalue weighted by molar-refractivity contribution is -0.380. The van der Waals surface area contributed by atoms with Gasteiger partial charge in [-0.15, -0.1) is 0 Å². The third-order valence-corrected chi connectivity index (χ3v) is 2.13. The summed E-state index contributed by atoms with van der Waals surface area (Å²) in [6, 6.07) is 0. The fraction of sp³-hybridized carbons (Fsp3) is 0.250. The highest BCUT2D eigenvalue weighted by molar-refractivity contribution is 7.18. The van der Waals surface area contributed by atoms with Crippen molar-refractivity contribution in [3.63, 3.8) is 0 Å². The van der Waals surface area contributed by atoms with E-state index < -0.39 is 4.92 Å². The molecule has 0 bridgehead atoms. The van der Waals surface area contributed by atoms with E-state index in [9.17, 15) is 10.1 Å². The Labute approximate surface area is 65.6 Å². The van der Waals surface area contributed by atoms with Crippen LogP contribution >= 0.6 is 22.9 Å². The Morgan fingerprint density at radius 2 is 2.40 bits per heavy atom. The van der Waals surface area contributed by atoms with Crippen LogP contribution in [0.5, 0.6) is 0 Å². The predicted molar refractivity (Wildman–Crippen MR) is 38.5 cm³/mol. The van der Waals surface area contributed by atoms with Gasteiger partial charge in [0.25, 0.3) is 0 Å². The van der Waals surface area contributed by atoms with E-state index in [1.54, 1.807) is 6.92 Å². The zero-order chi connectivity index (χ0) is 7.72. The number of thiazole rings is 1. The molecular weight excluding hydrogens is 176 g/mol. The number of hydrogen-bond acceptors (Lipinski definition) is 4. The first kappa shape index (κ1) is 7.43. The van der Waals surface area contributed by atoms with Crippen LogP contribution in [0.2, 0.25) is 4.47 Å². The van der Waals surface area contributed by atoms with Crippen molar-refractivity contribution in [2.24, 2.45) is 0 Å². The van der Waals surface area contributed by atoms with Crippen molar-refractivity contribution in [1.82, 2.24) is 4.98 Å². The van der Waals surface area contributed by atoms with E-state index >= 15 is 0 Å². The van der Waals surface area contributed by atoms with Gasteiger partial charge in [0.1, 0.15) is 5.69 Å². The second-order valence-electron chi connectivity index (χ2n) is 1.61. The van der Waals surface area contributed by atoms with Gasteiger partial charge in [0, 0.05) is 0 Å². The van der Waals surface area contributed by atoms with Crippen LogP contribution in [0, 0.1) is 17.0 Å². The van der Waals surface area contributed by atoms with E-state index in [0.717, 1.165) is 11.3 Å². The molecule has 0 unspecified atom stereocenters. The lowest BCUT2D eigenvalue weighted by Gasteiger charge is -1.81. The summed E-state index contributed by atoms with van der Waals surface area (Å²) in [5.41, 5.74) is 0.375. The molecule has 1 heterocycles. The molecule has 54 valence electrons. The second kappa shape index (κ2) is 2.51. The van der Waals surface area contributed by atoms with Gasteiger partial charge in [-0.3, -0.25) is 10.1 Å². The zero-order valence-corrected chi connectivity index (χ0v) is 6.57. The van der Waals surface area contributed by atoms with Crippen molar-refractivity contribution < 1.29 is 4.92 Å². The van der Waals surface area contributed by atoms with Crippen molar-refractivity contribution in [1.29, 1.82) is 0 Å². The van der Waals surface area contributed by atoms with Crippen LogP contribution in [0.1, 0.15) is 5.69 Å². The predicted octanol–water partition coefficient (Wildman–Crippen LogP) is 2.01. The van der Waals surface area contributed by atoms with Gasteiger partial charge in [-0.25, -0.2) is 4.98 Å². The van der Waals surface area contributed by atoms with E-state index in [4.69, 9.17) is 11.6 Å². The topological polar surface area (TPSA) is 56.0 Å². The van der Waals surface area contributed by atoms with Gasteiger partial charge in [0.15, 0.2) is 4.47 Å². The summed E-state index contributed by atoms with van der Waals surface area (Å²) in [6.07, 6.45) is 0. The fourth-order valence-electron chi connectivity index (χ4n) is 0.526. The number of aromatic nitrogens is 1. The fourth-order valence-corrected chi connectivity index (χ4v) is 1.48. The molecule has 0 spiro atoms. The third-order valence-electron chi connectivity index (χ3n) is 0.912. The summed E-state index contributed by atoms with van der Waals surface area (Å²) in [4.78, 5) is 13.3. The molecule has 0 N–H and O–H groups in total. The van der Waals surface area contributed by atoms with Gasteiger partial charge in [-0.2, -0.15) is 0 Å². The van der Waals surface area contributed by atoms with Crippen LogP contribution in [0.25, 0.3) is 0 Å². The Morgan fingerprint density at radius 1 is 1.80 bits per heavy atom. The molecule has 1 aromatic rings. The maximum absolute atomic E-state index is 10.2. The molecule has 0 aromatic carbocycles. The van der Waals surface area contributed by atoms with Crippen molar-refractivity contribution in [3.8, 4) is 0 Å². The minimum atomic E-state index is -0.487. The van der Waals surface area contributed by atoms with E-state index in [1.807, 2.05) is 0 Å². The highest BCUT2D eigenvalue weighted by Gasteiger charge is 2.15. The molecule has 0 atom stereocenters. The molecule has 0 aliphatic carbocycles. The van der Waals surface area contributed by atoms with Crippen LogP contribution in [-0.4, -0.2) is 9.91 Å². The maximum atomic E-state index is 10.2. The van der Waals surface area contributed by atoms with Crippen molar-refractivity contribution >= 4 is 27.9 Å². The number of nitro groups is 1. The van der Waals surface area contributed by atoms with Crippen LogP contribution in [0.4, 0.5) is 5.00 Å². The first-order valence-corrected chi connectivity index (χ1v) is 3.58. The highest BCUT2D eigenvalue weighted by Crippen LogP contribution is 2.28. The maximum Gasteiger partial charge on any atom is 0.347 e. The first-order chi connectivity index (χ1) is 4.61. The molecule has 0 aliphatic rings. The third kappa shape index (κ3) is 1.25. The largest absolute Gasteiger partial charge is 0.347 e. The summed E-state index contributed by atoms with van der Waals surface area (Å²) in [5.74, 6) is 0. The van der Waals surface area contributed by atoms with Gasteiger partial charge in [-0.1, -0.05) is 11.6 Å². The minimum Gasteiger partial charge on any atom is -0.257 e. The minimum absolute atomic E-state index is 0.0185. The highest BCUT2D eigenvalue weighted by atomic mass is 35.5. The smallest absolute Gasteiger partial charge is 0.257 e. The molecule has 0 radical (unpaired) electrons. The lowest BCUT2D eigenvalue weighted by Crippen LogP contribution is -1.85. The van der Waals surface area contributed by atoms with Crippen LogP contribution in [0.3, 0.4) is 0 Å². The Kier molecular flexibility index (Phi) is 1.87. The van der Waals surface area contributed by atoms with Crippen LogP contribution in [0.15, 0.2) is 0 Å². The molecule has 0 saturated carbocycles. The SMILES string of the molecule is Cc1nc(Cl)sc1[N+](=O)[O-]. The van der Waals surface area contributed by atoms with Gasteiger partial charge in [0.2, 0.25) is 0 Å². The molecule has 6 heteroatoms. The van der Waals surface area contributed by atoms with Crippen LogP contribution in [-0.2, 0) is 0 Å². The summed E-state index contributed by atoms with van der Waals surface area (Å²) in [5, 5.41) is 10.2. The van der Waals surface area contributed by atoms with Crippen molar-refractivity contribution in [2.45, 2.75) is 6.92 Å².